The van der Waals surface area contributed by atoms with E-state index in [2.05, 4.69) is 4.99 Å². The van der Waals surface area contributed by atoms with Crippen LogP contribution in [-0.4, -0.2) is 12.0 Å². The van der Waals surface area contributed by atoms with Crippen LogP contribution in [0.1, 0.15) is 12.5 Å². The Kier molecular flexibility index (Phi) is 4.46. The van der Waals surface area contributed by atoms with Crippen LogP contribution >= 0.6 is 23.8 Å². The van der Waals surface area contributed by atoms with Gasteiger partial charge in [-0.25, -0.2) is 4.99 Å². The van der Waals surface area contributed by atoms with Crippen LogP contribution in [0.4, 0.5) is 5.69 Å². The van der Waals surface area contributed by atoms with Crippen LogP contribution in [0.15, 0.2) is 57.9 Å². The standard InChI is InChI=1S/C18H14ClNO2S/c1-11(23)16-10-12-9-13(19)3-8-17(12)22-18(16)20-14-4-6-15(21-2)7-5-14/h3-10H,1-2H3/b20-18-. The molecule has 2 aromatic carbocycles. The topological polar surface area (TPSA) is 34.7 Å². The third-order valence-electron chi connectivity index (χ3n) is 3.39. The number of ether oxygens (including phenoxy) is 1. The number of halogens is 1. The summed E-state index contributed by atoms with van der Waals surface area (Å²) in [4.78, 5) is 5.28. The number of benzene rings is 2. The molecular weight excluding hydrogens is 330 g/mol. The molecule has 1 heterocycles. The van der Waals surface area contributed by atoms with Gasteiger partial charge in [0.1, 0.15) is 11.3 Å². The number of rotatable bonds is 3. The second-order valence-corrected chi connectivity index (χ2v) is 6.06. The van der Waals surface area contributed by atoms with Gasteiger partial charge in [0.15, 0.2) is 0 Å². The first-order chi connectivity index (χ1) is 11.1. The summed E-state index contributed by atoms with van der Waals surface area (Å²) in [5, 5.41) is 1.55. The smallest absolute Gasteiger partial charge is 0.228 e. The molecule has 0 bridgehead atoms. The summed E-state index contributed by atoms with van der Waals surface area (Å²) in [6.45, 7) is 1.85. The highest BCUT2D eigenvalue weighted by Gasteiger charge is 2.07. The fourth-order valence-corrected chi connectivity index (χ4v) is 2.54. The van der Waals surface area contributed by atoms with Gasteiger partial charge in [-0.3, -0.25) is 0 Å². The summed E-state index contributed by atoms with van der Waals surface area (Å²) in [5.41, 5.74) is 2.74. The van der Waals surface area contributed by atoms with Gasteiger partial charge in [0.25, 0.3) is 0 Å². The van der Waals surface area contributed by atoms with E-state index >= 15 is 0 Å². The summed E-state index contributed by atoms with van der Waals surface area (Å²) >= 11 is 11.4. The molecule has 0 aliphatic rings. The Morgan fingerprint density at radius 2 is 1.87 bits per heavy atom. The Bertz CT molecular complexity index is 945. The maximum Gasteiger partial charge on any atom is 0.228 e. The Hall–Kier alpha value is -2.17. The van der Waals surface area contributed by atoms with Gasteiger partial charge in [0.05, 0.1) is 18.4 Å². The lowest BCUT2D eigenvalue weighted by molar-refractivity contribution is 0.415. The van der Waals surface area contributed by atoms with Crippen LogP contribution in [0.5, 0.6) is 5.75 Å². The van der Waals surface area contributed by atoms with E-state index in [1.807, 2.05) is 49.4 Å². The van der Waals surface area contributed by atoms with E-state index in [4.69, 9.17) is 33.0 Å². The Balaban J connectivity index is 2.21. The highest BCUT2D eigenvalue weighted by atomic mass is 35.5. The van der Waals surface area contributed by atoms with Gasteiger partial charge in [-0.15, -0.1) is 0 Å². The number of hydrogen-bond donors (Lipinski definition) is 0. The molecule has 0 radical (unpaired) electrons. The molecule has 0 aliphatic heterocycles. The fraction of sp³-hybridized carbons (Fsp3) is 0.111. The summed E-state index contributed by atoms with van der Waals surface area (Å²) < 4.78 is 11.1. The number of hydrogen-bond acceptors (Lipinski definition) is 4. The van der Waals surface area contributed by atoms with E-state index in [0.29, 0.717) is 21.0 Å². The fourth-order valence-electron chi connectivity index (χ4n) is 2.21. The maximum absolute atomic E-state index is 6.04. The molecule has 0 saturated carbocycles. The molecule has 0 saturated heterocycles. The average molecular weight is 344 g/mol. The van der Waals surface area contributed by atoms with Gasteiger partial charge < -0.3 is 9.15 Å². The van der Waals surface area contributed by atoms with E-state index in [-0.39, 0.29) is 0 Å². The van der Waals surface area contributed by atoms with Gasteiger partial charge in [0.2, 0.25) is 5.55 Å². The minimum atomic E-state index is 0.484. The minimum absolute atomic E-state index is 0.484. The second-order valence-electron chi connectivity index (χ2n) is 5.01. The monoisotopic (exact) mass is 343 g/mol. The van der Waals surface area contributed by atoms with E-state index in [1.54, 1.807) is 13.2 Å². The lowest BCUT2D eigenvalue weighted by atomic mass is 10.1. The molecule has 0 unspecified atom stereocenters. The number of fused-ring (bicyclic) bond motifs is 1. The summed E-state index contributed by atoms with van der Waals surface area (Å²) in [6.07, 6.45) is 0. The minimum Gasteiger partial charge on any atom is -0.497 e. The van der Waals surface area contributed by atoms with Crippen LogP contribution in [0.3, 0.4) is 0 Å². The van der Waals surface area contributed by atoms with Crippen molar-refractivity contribution >= 4 is 45.3 Å². The molecule has 0 aliphatic carbocycles. The second kappa shape index (κ2) is 6.52. The van der Waals surface area contributed by atoms with Crippen molar-refractivity contribution in [3.05, 3.63) is 64.7 Å². The number of thiocarbonyl (C=S) groups is 1. The molecule has 0 N–H and O–H groups in total. The highest BCUT2D eigenvalue weighted by Crippen LogP contribution is 2.21. The van der Waals surface area contributed by atoms with Crippen molar-refractivity contribution in [1.82, 2.24) is 0 Å². The summed E-state index contributed by atoms with van der Waals surface area (Å²) in [5.74, 6) is 0.778. The van der Waals surface area contributed by atoms with Gasteiger partial charge in [0, 0.05) is 15.3 Å². The molecule has 0 spiro atoms. The van der Waals surface area contributed by atoms with Crippen LogP contribution in [0.25, 0.3) is 11.0 Å². The van der Waals surface area contributed by atoms with Crippen molar-refractivity contribution < 1.29 is 9.15 Å². The van der Waals surface area contributed by atoms with E-state index in [0.717, 1.165) is 22.4 Å². The Labute approximate surface area is 144 Å². The summed E-state index contributed by atoms with van der Waals surface area (Å²) in [6, 6.07) is 14.8. The molecule has 23 heavy (non-hydrogen) atoms. The first kappa shape index (κ1) is 15.7. The SMILES string of the molecule is COc1ccc(/N=c2\oc3ccc(Cl)cc3cc2C(C)=S)cc1. The number of methoxy groups -OCH3 is 1. The van der Waals surface area contributed by atoms with Crippen molar-refractivity contribution in [3.8, 4) is 5.75 Å². The van der Waals surface area contributed by atoms with Crippen molar-refractivity contribution in [3.63, 3.8) is 0 Å². The molecule has 5 heteroatoms. The first-order valence-corrected chi connectivity index (χ1v) is 7.78. The van der Waals surface area contributed by atoms with Crippen LogP contribution < -0.4 is 10.3 Å². The van der Waals surface area contributed by atoms with Gasteiger partial charge in [-0.05, 0) is 55.5 Å². The molecule has 116 valence electrons. The van der Waals surface area contributed by atoms with Crippen molar-refractivity contribution in [2.24, 2.45) is 4.99 Å². The normalized spacial score (nSPS) is 11.7. The number of nitrogens with zero attached hydrogens (tertiary/aromatic N) is 1. The Morgan fingerprint density at radius 1 is 1.13 bits per heavy atom. The third kappa shape index (κ3) is 3.44. The van der Waals surface area contributed by atoms with Crippen molar-refractivity contribution in [2.75, 3.05) is 7.11 Å². The lowest BCUT2D eigenvalue weighted by Gasteiger charge is -2.04. The predicted octanol–water partition coefficient (Wildman–Crippen LogP) is 5.07. The van der Waals surface area contributed by atoms with Crippen LogP contribution in [-0.2, 0) is 0 Å². The van der Waals surface area contributed by atoms with Gasteiger partial charge in [-0.2, -0.15) is 0 Å². The molecule has 3 rings (SSSR count). The molecule has 3 nitrogen and oxygen atoms in total. The molecule has 3 aromatic rings. The molecule has 0 atom stereocenters. The van der Waals surface area contributed by atoms with Gasteiger partial charge in [-0.1, -0.05) is 23.8 Å². The van der Waals surface area contributed by atoms with E-state index in [9.17, 15) is 0 Å². The van der Waals surface area contributed by atoms with Crippen molar-refractivity contribution in [1.29, 1.82) is 0 Å². The summed E-state index contributed by atoms with van der Waals surface area (Å²) in [7, 11) is 1.63. The largest absolute Gasteiger partial charge is 0.497 e. The average Bonchev–Trinajstić information content (AvgIpc) is 2.55. The third-order valence-corrected chi connectivity index (χ3v) is 3.85. The van der Waals surface area contributed by atoms with Crippen LogP contribution in [0, 0.1) is 0 Å². The molecule has 1 aromatic heterocycles. The van der Waals surface area contributed by atoms with Crippen LogP contribution in [0.2, 0.25) is 5.02 Å². The lowest BCUT2D eigenvalue weighted by Crippen LogP contribution is -2.12. The molecule has 0 amide bonds. The quantitative estimate of drug-likeness (QED) is 0.492. The maximum atomic E-state index is 6.04. The van der Waals surface area contributed by atoms with Gasteiger partial charge >= 0.3 is 0 Å². The van der Waals surface area contributed by atoms with E-state index < -0.39 is 0 Å². The molecular formula is C18H14ClNO2S. The zero-order chi connectivity index (χ0) is 16.4. The zero-order valence-electron chi connectivity index (χ0n) is 12.7. The molecule has 0 fully saturated rings. The zero-order valence-corrected chi connectivity index (χ0v) is 14.2. The highest BCUT2D eigenvalue weighted by molar-refractivity contribution is 7.80. The van der Waals surface area contributed by atoms with E-state index in [1.165, 1.54) is 0 Å². The first-order valence-electron chi connectivity index (χ1n) is 7.00. The predicted molar refractivity (Wildman–Crippen MR) is 96.8 cm³/mol. The Morgan fingerprint density at radius 3 is 2.52 bits per heavy atom. The van der Waals surface area contributed by atoms with Crippen molar-refractivity contribution in [2.45, 2.75) is 6.92 Å².